The molecule has 1 aromatic carbocycles. The molecule has 0 fully saturated rings. The number of benzene rings is 1. The summed E-state index contributed by atoms with van der Waals surface area (Å²) in [5.41, 5.74) is 1.97. The minimum absolute atomic E-state index is 0.376. The number of rotatable bonds is 4. The van der Waals surface area contributed by atoms with Crippen LogP contribution in [0, 0.1) is 0 Å². The molecule has 0 aliphatic rings. The maximum atomic E-state index is 10.6. The Balaban J connectivity index is 2.92. The number of hydrogen-bond donors (Lipinski definition) is 0. The Bertz CT molecular complexity index is 368. The van der Waals surface area contributed by atoms with Crippen molar-refractivity contribution >= 4 is 49.7 Å². The quantitative estimate of drug-likeness (QED) is 0.759. The molecular formula is C10H7Br2ClO2. The van der Waals surface area contributed by atoms with E-state index in [2.05, 4.69) is 31.9 Å². The van der Waals surface area contributed by atoms with Gasteiger partial charge in [-0.25, -0.2) is 0 Å². The first-order chi connectivity index (χ1) is 7.19. The number of aldehydes is 1. The van der Waals surface area contributed by atoms with Crippen LogP contribution in [-0.2, 0) is 0 Å². The maximum absolute atomic E-state index is 10.6. The molecule has 80 valence electrons. The van der Waals surface area contributed by atoms with E-state index in [4.69, 9.17) is 16.3 Å². The predicted octanol–water partition coefficient (Wildman–Crippen LogP) is 4.16. The molecule has 0 unspecified atom stereocenters. The number of ether oxygens (including phenoxy) is 1. The van der Waals surface area contributed by atoms with Crippen molar-refractivity contribution in [3.8, 4) is 5.75 Å². The van der Waals surface area contributed by atoms with Crippen molar-refractivity contribution in [2.24, 2.45) is 0 Å². The summed E-state index contributed by atoms with van der Waals surface area (Å²) >= 11 is 12.0. The molecule has 0 spiro atoms. The molecule has 0 saturated heterocycles. The van der Waals surface area contributed by atoms with Gasteiger partial charge in [0, 0.05) is 11.1 Å². The third-order valence-electron chi connectivity index (χ3n) is 1.57. The molecule has 0 saturated carbocycles. The molecule has 0 atom stereocenters. The van der Waals surface area contributed by atoms with Crippen LogP contribution < -0.4 is 4.74 Å². The van der Waals surface area contributed by atoms with Crippen LogP contribution in [0.1, 0.15) is 10.4 Å². The van der Waals surface area contributed by atoms with Crippen molar-refractivity contribution in [2.45, 2.75) is 0 Å². The van der Waals surface area contributed by atoms with Crippen LogP contribution in [0.25, 0.3) is 0 Å². The molecule has 0 radical (unpaired) electrons. The summed E-state index contributed by atoms with van der Waals surface area (Å²) in [7, 11) is 0. The van der Waals surface area contributed by atoms with E-state index < -0.39 is 0 Å². The van der Waals surface area contributed by atoms with Gasteiger partial charge in [0.15, 0.2) is 0 Å². The van der Waals surface area contributed by atoms with Crippen molar-refractivity contribution in [2.75, 3.05) is 6.61 Å². The van der Waals surface area contributed by atoms with Crippen LogP contribution in [-0.4, -0.2) is 12.9 Å². The number of carbonyl (C=O) groups is 1. The van der Waals surface area contributed by atoms with Crippen molar-refractivity contribution < 1.29 is 9.53 Å². The van der Waals surface area contributed by atoms with Crippen molar-refractivity contribution in [1.29, 1.82) is 0 Å². The van der Waals surface area contributed by atoms with Gasteiger partial charge in [0.2, 0.25) is 0 Å². The fraction of sp³-hybridized carbons (Fsp3) is 0.100. The topological polar surface area (TPSA) is 26.3 Å². The summed E-state index contributed by atoms with van der Waals surface area (Å²) < 4.78 is 6.87. The lowest BCUT2D eigenvalue weighted by molar-refractivity contribution is 0.112. The molecule has 0 aliphatic carbocycles. The van der Waals surface area contributed by atoms with E-state index in [9.17, 15) is 4.79 Å². The smallest absolute Gasteiger partial charge is 0.150 e. The minimum Gasteiger partial charge on any atom is -0.487 e. The van der Waals surface area contributed by atoms with Crippen LogP contribution >= 0.6 is 43.5 Å². The molecule has 1 aromatic rings. The Kier molecular flexibility index (Phi) is 5.36. The van der Waals surface area contributed by atoms with Crippen LogP contribution in [0.4, 0.5) is 0 Å². The van der Waals surface area contributed by atoms with Gasteiger partial charge < -0.3 is 4.74 Å². The van der Waals surface area contributed by atoms with Gasteiger partial charge in [0.25, 0.3) is 0 Å². The lowest BCUT2D eigenvalue weighted by Crippen LogP contribution is -1.96. The summed E-state index contributed by atoms with van der Waals surface area (Å²) in [4.78, 5) is 10.6. The Labute approximate surface area is 110 Å². The molecule has 0 aromatic heterocycles. The summed E-state index contributed by atoms with van der Waals surface area (Å²) in [6.07, 6.45) is 2.45. The zero-order valence-electron chi connectivity index (χ0n) is 7.54. The fourth-order valence-corrected chi connectivity index (χ4v) is 2.48. The second-order valence-corrected chi connectivity index (χ2v) is 4.56. The van der Waals surface area contributed by atoms with Crippen molar-refractivity contribution in [3.05, 3.63) is 38.3 Å². The van der Waals surface area contributed by atoms with Crippen molar-refractivity contribution in [3.63, 3.8) is 0 Å². The third kappa shape index (κ3) is 3.63. The molecule has 0 aliphatic heterocycles. The molecule has 1 rings (SSSR count). The standard InChI is InChI=1S/C10H7Br2ClO2/c11-8-4-7(6-14)5-9(12)10(8)15-3-1-2-13/h1-2,4-6H,3H2/b2-1+. The van der Waals surface area contributed by atoms with Gasteiger partial charge in [-0.15, -0.1) is 0 Å². The second kappa shape index (κ2) is 6.30. The largest absolute Gasteiger partial charge is 0.487 e. The average Bonchev–Trinajstić information content (AvgIpc) is 2.22. The Morgan fingerprint density at radius 1 is 1.33 bits per heavy atom. The van der Waals surface area contributed by atoms with Gasteiger partial charge in [0.05, 0.1) is 8.95 Å². The Morgan fingerprint density at radius 2 is 1.93 bits per heavy atom. The summed E-state index contributed by atoms with van der Waals surface area (Å²) in [6, 6.07) is 3.38. The summed E-state index contributed by atoms with van der Waals surface area (Å²) in [5.74, 6) is 0.648. The van der Waals surface area contributed by atoms with E-state index in [0.29, 0.717) is 17.9 Å². The molecule has 0 amide bonds. The van der Waals surface area contributed by atoms with Crippen LogP contribution in [0.5, 0.6) is 5.75 Å². The zero-order valence-corrected chi connectivity index (χ0v) is 11.5. The highest BCUT2D eigenvalue weighted by Gasteiger charge is 2.07. The summed E-state index contributed by atoms with van der Waals surface area (Å²) in [6.45, 7) is 0.376. The monoisotopic (exact) mass is 352 g/mol. The van der Waals surface area contributed by atoms with Gasteiger partial charge in [0.1, 0.15) is 18.6 Å². The second-order valence-electron chi connectivity index (χ2n) is 2.60. The highest BCUT2D eigenvalue weighted by Crippen LogP contribution is 2.34. The molecule has 2 nitrogen and oxygen atoms in total. The highest BCUT2D eigenvalue weighted by atomic mass is 79.9. The van der Waals surface area contributed by atoms with E-state index in [1.807, 2.05) is 0 Å². The molecular weight excluding hydrogens is 347 g/mol. The van der Waals surface area contributed by atoms with Crippen molar-refractivity contribution in [1.82, 2.24) is 0 Å². The number of hydrogen-bond acceptors (Lipinski definition) is 2. The van der Waals surface area contributed by atoms with Gasteiger partial charge in [-0.3, -0.25) is 4.79 Å². The zero-order chi connectivity index (χ0) is 11.3. The number of carbonyl (C=O) groups excluding carboxylic acids is 1. The first-order valence-electron chi connectivity index (χ1n) is 4.01. The minimum atomic E-state index is 0.376. The van der Waals surface area contributed by atoms with Crippen LogP contribution in [0.3, 0.4) is 0 Å². The predicted molar refractivity (Wildman–Crippen MR) is 67.7 cm³/mol. The molecule has 15 heavy (non-hydrogen) atoms. The summed E-state index contributed by atoms with van der Waals surface area (Å²) in [5, 5.41) is 0. The fourth-order valence-electron chi connectivity index (χ4n) is 0.953. The van der Waals surface area contributed by atoms with Crippen LogP contribution in [0.15, 0.2) is 32.7 Å². The SMILES string of the molecule is O=Cc1cc(Br)c(OC/C=C/Cl)c(Br)c1. The van der Waals surface area contributed by atoms with E-state index in [-0.39, 0.29) is 0 Å². The van der Waals surface area contributed by atoms with E-state index in [1.165, 1.54) is 5.54 Å². The molecule has 5 heteroatoms. The highest BCUT2D eigenvalue weighted by molar-refractivity contribution is 9.11. The van der Waals surface area contributed by atoms with Gasteiger partial charge >= 0.3 is 0 Å². The lowest BCUT2D eigenvalue weighted by atomic mass is 10.2. The third-order valence-corrected chi connectivity index (χ3v) is 2.93. The molecule has 0 N–H and O–H groups in total. The Morgan fingerprint density at radius 3 is 2.40 bits per heavy atom. The first kappa shape index (κ1) is 12.7. The Hall–Kier alpha value is -0.320. The van der Waals surface area contributed by atoms with E-state index in [1.54, 1.807) is 18.2 Å². The molecule has 0 bridgehead atoms. The normalized spacial score (nSPS) is 10.6. The van der Waals surface area contributed by atoms with E-state index >= 15 is 0 Å². The molecule has 0 heterocycles. The first-order valence-corrected chi connectivity index (χ1v) is 6.03. The van der Waals surface area contributed by atoms with Gasteiger partial charge in [-0.05, 0) is 50.1 Å². The van der Waals surface area contributed by atoms with Crippen LogP contribution in [0.2, 0.25) is 0 Å². The van der Waals surface area contributed by atoms with Gasteiger partial charge in [-0.2, -0.15) is 0 Å². The lowest BCUT2D eigenvalue weighted by Gasteiger charge is -2.08. The number of halogens is 3. The maximum Gasteiger partial charge on any atom is 0.150 e. The van der Waals surface area contributed by atoms with E-state index in [0.717, 1.165) is 15.2 Å². The average molecular weight is 354 g/mol. The van der Waals surface area contributed by atoms with Gasteiger partial charge in [-0.1, -0.05) is 11.6 Å².